The van der Waals surface area contributed by atoms with Crippen molar-refractivity contribution in [1.82, 2.24) is 20.1 Å². The highest BCUT2D eigenvalue weighted by Crippen LogP contribution is 2.32. The minimum Gasteiger partial charge on any atom is -0.303 e. The van der Waals surface area contributed by atoms with E-state index in [1.165, 1.54) is 9.58 Å². The topological polar surface area (TPSA) is 58.3 Å². The summed E-state index contributed by atoms with van der Waals surface area (Å²) in [5.74, 6) is 6.08. The Labute approximate surface area is 104 Å². The summed E-state index contributed by atoms with van der Waals surface area (Å²) in [4.78, 5) is 3.61. The molecule has 1 atom stereocenters. The van der Waals surface area contributed by atoms with Gasteiger partial charge in [-0.15, -0.1) is 11.3 Å². The van der Waals surface area contributed by atoms with Gasteiger partial charge in [0.2, 0.25) is 0 Å². The van der Waals surface area contributed by atoms with Gasteiger partial charge in [-0.3, -0.25) is 5.84 Å². The molecular weight excluding hydrogens is 234 g/mol. The Morgan fingerprint density at radius 1 is 1.35 bits per heavy atom. The van der Waals surface area contributed by atoms with Crippen LogP contribution in [0.5, 0.6) is 0 Å². The van der Waals surface area contributed by atoms with Crippen molar-refractivity contribution >= 4 is 21.4 Å². The van der Waals surface area contributed by atoms with Crippen LogP contribution < -0.4 is 5.84 Å². The molecule has 1 aliphatic heterocycles. The van der Waals surface area contributed by atoms with Crippen LogP contribution in [0.25, 0.3) is 10.1 Å². The fourth-order valence-corrected chi connectivity index (χ4v) is 3.29. The van der Waals surface area contributed by atoms with Crippen molar-refractivity contribution < 1.29 is 0 Å². The van der Waals surface area contributed by atoms with Gasteiger partial charge in [-0.25, -0.2) is 5.01 Å². The van der Waals surface area contributed by atoms with E-state index in [0.29, 0.717) is 0 Å². The fourth-order valence-electron chi connectivity index (χ4n) is 2.17. The average Bonchev–Trinajstić information content (AvgIpc) is 2.75. The zero-order valence-electron chi connectivity index (χ0n) is 9.71. The summed E-state index contributed by atoms with van der Waals surface area (Å²) < 4.78 is 1.18. The van der Waals surface area contributed by atoms with Gasteiger partial charge >= 0.3 is 0 Å². The Morgan fingerprint density at radius 2 is 2.18 bits per heavy atom. The molecule has 0 aliphatic carbocycles. The zero-order chi connectivity index (χ0) is 11.8. The smallest absolute Gasteiger partial charge is 0.0711 e. The van der Waals surface area contributed by atoms with Gasteiger partial charge < -0.3 is 4.90 Å². The van der Waals surface area contributed by atoms with E-state index in [4.69, 9.17) is 5.84 Å². The predicted molar refractivity (Wildman–Crippen MR) is 68.5 cm³/mol. The number of piperazine rings is 1. The first-order chi connectivity index (χ1) is 8.24. The van der Waals surface area contributed by atoms with Crippen molar-refractivity contribution in [3.05, 3.63) is 23.3 Å². The van der Waals surface area contributed by atoms with Crippen molar-refractivity contribution in [2.75, 3.05) is 26.7 Å². The molecule has 0 radical (unpaired) electrons. The van der Waals surface area contributed by atoms with Crippen molar-refractivity contribution in [1.29, 1.82) is 0 Å². The summed E-state index contributed by atoms with van der Waals surface area (Å²) in [6, 6.07) is 2.46. The lowest BCUT2D eigenvalue weighted by molar-refractivity contribution is 0.0926. The van der Waals surface area contributed by atoms with Gasteiger partial charge in [-0.2, -0.15) is 10.2 Å². The minimum atomic E-state index is 0.283. The first kappa shape index (κ1) is 11.0. The van der Waals surface area contributed by atoms with E-state index in [0.717, 1.165) is 25.0 Å². The second-order valence-corrected chi connectivity index (χ2v) is 5.59. The Morgan fingerprint density at radius 3 is 3.00 bits per heavy atom. The highest BCUT2D eigenvalue weighted by molar-refractivity contribution is 7.19. The van der Waals surface area contributed by atoms with Crippen LogP contribution in [0.3, 0.4) is 0 Å². The number of likely N-dealkylation sites (N-methyl/N-ethyl adjacent to an activating group) is 1. The number of nitrogens with two attached hydrogens (primary N) is 1. The molecule has 0 spiro atoms. The monoisotopic (exact) mass is 249 g/mol. The van der Waals surface area contributed by atoms with Crippen LogP contribution in [-0.2, 0) is 0 Å². The van der Waals surface area contributed by atoms with Crippen molar-refractivity contribution in [2.24, 2.45) is 5.84 Å². The van der Waals surface area contributed by atoms with Gasteiger partial charge in [0.05, 0.1) is 23.1 Å². The van der Waals surface area contributed by atoms with E-state index in [-0.39, 0.29) is 6.04 Å². The van der Waals surface area contributed by atoms with E-state index >= 15 is 0 Å². The number of hydrogen-bond acceptors (Lipinski definition) is 6. The molecule has 0 aromatic carbocycles. The SMILES string of the molecule is CN1CCN(N)C(c2cc3cnncc3s2)C1. The molecule has 1 aliphatic rings. The molecule has 0 bridgehead atoms. The highest BCUT2D eigenvalue weighted by Gasteiger charge is 2.25. The van der Waals surface area contributed by atoms with Crippen molar-refractivity contribution in [2.45, 2.75) is 6.04 Å². The molecule has 5 nitrogen and oxygen atoms in total. The average molecular weight is 249 g/mol. The van der Waals surface area contributed by atoms with E-state index < -0.39 is 0 Å². The van der Waals surface area contributed by atoms with E-state index in [2.05, 4.69) is 28.2 Å². The number of hydrogen-bond donors (Lipinski definition) is 1. The Kier molecular flexibility index (Phi) is 2.79. The van der Waals surface area contributed by atoms with E-state index in [1.54, 1.807) is 11.3 Å². The maximum Gasteiger partial charge on any atom is 0.0711 e. The summed E-state index contributed by atoms with van der Waals surface area (Å²) in [5, 5.41) is 10.9. The van der Waals surface area contributed by atoms with Gasteiger partial charge in [0.25, 0.3) is 0 Å². The highest BCUT2D eigenvalue weighted by atomic mass is 32.1. The number of thiophene rings is 1. The number of aromatic nitrogens is 2. The first-order valence-corrected chi connectivity index (χ1v) is 6.46. The van der Waals surface area contributed by atoms with Crippen LogP contribution >= 0.6 is 11.3 Å². The third kappa shape index (κ3) is 2.04. The summed E-state index contributed by atoms with van der Waals surface area (Å²) in [6.45, 7) is 2.91. The summed E-state index contributed by atoms with van der Waals surface area (Å²) in [5.41, 5.74) is 0. The summed E-state index contributed by atoms with van der Waals surface area (Å²) in [6.07, 6.45) is 3.62. The third-order valence-electron chi connectivity index (χ3n) is 3.20. The van der Waals surface area contributed by atoms with Crippen LogP contribution in [0.2, 0.25) is 0 Å². The molecule has 1 saturated heterocycles. The summed E-state index contributed by atoms with van der Waals surface area (Å²) in [7, 11) is 2.14. The molecule has 6 heteroatoms. The normalized spacial score (nSPS) is 23.3. The third-order valence-corrected chi connectivity index (χ3v) is 4.39. The van der Waals surface area contributed by atoms with Crippen LogP contribution in [0.4, 0.5) is 0 Å². The lowest BCUT2D eigenvalue weighted by atomic mass is 10.1. The lowest BCUT2D eigenvalue weighted by Gasteiger charge is -2.36. The second kappa shape index (κ2) is 4.30. The number of hydrazine groups is 1. The molecule has 3 rings (SSSR count). The van der Waals surface area contributed by atoms with Gasteiger partial charge in [0.1, 0.15) is 0 Å². The number of rotatable bonds is 1. The molecule has 0 saturated carbocycles. The molecule has 90 valence electrons. The quantitative estimate of drug-likeness (QED) is 0.759. The molecule has 3 heterocycles. The van der Waals surface area contributed by atoms with Crippen LogP contribution in [0, 0.1) is 0 Å². The maximum atomic E-state index is 6.08. The Balaban J connectivity index is 1.96. The predicted octanol–water partition coefficient (Wildman–Crippen LogP) is 0.854. The zero-order valence-corrected chi connectivity index (χ0v) is 10.5. The molecule has 0 amide bonds. The molecule has 2 aromatic heterocycles. The van der Waals surface area contributed by atoms with E-state index in [1.807, 2.05) is 17.4 Å². The molecule has 1 unspecified atom stereocenters. The molecular formula is C11H15N5S. The first-order valence-electron chi connectivity index (χ1n) is 5.64. The van der Waals surface area contributed by atoms with Gasteiger partial charge in [-0.1, -0.05) is 0 Å². The van der Waals surface area contributed by atoms with E-state index in [9.17, 15) is 0 Å². The Bertz CT molecular complexity index is 492. The maximum absolute atomic E-state index is 6.08. The number of fused-ring (bicyclic) bond motifs is 1. The van der Waals surface area contributed by atoms with Gasteiger partial charge in [0.15, 0.2) is 0 Å². The van der Waals surface area contributed by atoms with Crippen LogP contribution in [-0.4, -0.2) is 46.8 Å². The number of nitrogens with zero attached hydrogens (tertiary/aromatic N) is 4. The molecule has 2 aromatic rings. The fraction of sp³-hybridized carbons (Fsp3) is 0.455. The standard InChI is InChI=1S/C11H15N5S/c1-15-2-3-16(12)9(7-15)10-4-8-5-13-14-6-11(8)17-10/h4-6,9H,2-3,7,12H2,1H3. The molecule has 1 fully saturated rings. The van der Waals surface area contributed by atoms with Crippen LogP contribution in [0.1, 0.15) is 10.9 Å². The van der Waals surface area contributed by atoms with Gasteiger partial charge in [0, 0.05) is 29.9 Å². The molecule has 17 heavy (non-hydrogen) atoms. The molecule has 2 N–H and O–H groups in total. The van der Waals surface area contributed by atoms with Crippen molar-refractivity contribution in [3.8, 4) is 0 Å². The Hall–Kier alpha value is -1.08. The van der Waals surface area contributed by atoms with Crippen molar-refractivity contribution in [3.63, 3.8) is 0 Å². The lowest BCUT2D eigenvalue weighted by Crippen LogP contribution is -2.49. The second-order valence-electron chi connectivity index (χ2n) is 4.47. The van der Waals surface area contributed by atoms with Crippen LogP contribution in [0.15, 0.2) is 18.5 Å². The van der Waals surface area contributed by atoms with Gasteiger partial charge in [-0.05, 0) is 13.1 Å². The largest absolute Gasteiger partial charge is 0.303 e. The minimum absolute atomic E-state index is 0.283. The summed E-state index contributed by atoms with van der Waals surface area (Å²) >= 11 is 1.76.